The van der Waals surface area contributed by atoms with Gasteiger partial charge in [0.05, 0.1) is 26.4 Å². The van der Waals surface area contributed by atoms with Gasteiger partial charge >= 0.3 is 0 Å². The summed E-state index contributed by atoms with van der Waals surface area (Å²) in [5.41, 5.74) is 3.10. The molecule has 2 saturated heterocycles. The van der Waals surface area contributed by atoms with Crippen LogP contribution in [0, 0.1) is 0 Å². The number of piperidine rings is 1. The van der Waals surface area contributed by atoms with Gasteiger partial charge in [0.25, 0.3) is 0 Å². The number of hydrogen-bond donors (Lipinski definition) is 1. The fraction of sp³-hybridized carbons (Fsp3) is 0.438. The highest BCUT2D eigenvalue weighted by atomic mass is 16.8. The van der Waals surface area contributed by atoms with Gasteiger partial charge in [-0.3, -0.25) is 4.84 Å². The predicted octanol–water partition coefficient (Wildman–Crippen LogP) is 4.88. The first-order valence-corrected chi connectivity index (χ1v) is 13.9. The van der Waals surface area contributed by atoms with Crippen LogP contribution in [0.4, 0.5) is 0 Å². The number of rotatable bonds is 12. The molecular weight excluding hydrogens is 494 g/mol. The van der Waals surface area contributed by atoms with Crippen molar-refractivity contribution in [2.24, 2.45) is 0 Å². The molecule has 5 rings (SSSR count). The van der Waals surface area contributed by atoms with Crippen LogP contribution in [-0.4, -0.2) is 60.6 Å². The third-order valence-electron chi connectivity index (χ3n) is 7.15. The number of hydroxylamine groups is 2. The van der Waals surface area contributed by atoms with E-state index in [0.29, 0.717) is 19.8 Å². The van der Waals surface area contributed by atoms with Gasteiger partial charge in [-0.2, -0.15) is 5.06 Å². The molecular formula is C32H39NO6. The van der Waals surface area contributed by atoms with E-state index in [1.165, 1.54) is 6.42 Å². The van der Waals surface area contributed by atoms with Crippen molar-refractivity contribution in [2.75, 3.05) is 19.7 Å². The molecule has 0 spiro atoms. The van der Waals surface area contributed by atoms with E-state index < -0.39 is 30.7 Å². The number of hydrogen-bond acceptors (Lipinski definition) is 7. The lowest BCUT2D eigenvalue weighted by atomic mass is 9.98. The van der Waals surface area contributed by atoms with Gasteiger partial charge in [0.15, 0.2) is 0 Å². The first-order chi connectivity index (χ1) is 19.3. The summed E-state index contributed by atoms with van der Waals surface area (Å²) in [4.78, 5) is 6.40. The molecule has 0 aromatic heterocycles. The third kappa shape index (κ3) is 8.19. The summed E-state index contributed by atoms with van der Waals surface area (Å²) in [6.45, 7) is 2.97. The summed E-state index contributed by atoms with van der Waals surface area (Å²) < 4.78 is 25.2. The first-order valence-electron chi connectivity index (χ1n) is 13.9. The van der Waals surface area contributed by atoms with E-state index >= 15 is 0 Å². The van der Waals surface area contributed by atoms with E-state index in [1.807, 2.05) is 96.1 Å². The van der Waals surface area contributed by atoms with Crippen LogP contribution < -0.4 is 0 Å². The summed E-state index contributed by atoms with van der Waals surface area (Å²) >= 11 is 0. The summed E-state index contributed by atoms with van der Waals surface area (Å²) in [6.07, 6.45) is -0.339. The minimum absolute atomic E-state index is 0.201. The smallest absolute Gasteiger partial charge is 0.206 e. The lowest BCUT2D eigenvalue weighted by Gasteiger charge is -2.45. The normalized spacial score (nSPS) is 25.9. The van der Waals surface area contributed by atoms with Crippen LogP contribution in [0.25, 0.3) is 0 Å². The van der Waals surface area contributed by atoms with Crippen LogP contribution in [0.5, 0.6) is 0 Å². The lowest BCUT2D eigenvalue weighted by molar-refractivity contribution is -0.375. The van der Waals surface area contributed by atoms with Crippen molar-refractivity contribution in [3.8, 4) is 0 Å². The molecule has 2 fully saturated rings. The summed E-state index contributed by atoms with van der Waals surface area (Å²) in [5.74, 6) is 0. The van der Waals surface area contributed by atoms with E-state index in [-0.39, 0.29) is 6.61 Å². The van der Waals surface area contributed by atoms with Gasteiger partial charge in [-0.1, -0.05) is 97.4 Å². The SMILES string of the molecule is O[C@H]1[C@H](OCc2ccccc2)[C@@H](OCc2ccccc2)[C@H](ON2CCCCC2)O[C@@H]1COCc1ccccc1. The van der Waals surface area contributed by atoms with Crippen LogP contribution in [-0.2, 0) is 43.6 Å². The Kier molecular flexibility index (Phi) is 10.5. The van der Waals surface area contributed by atoms with E-state index in [4.69, 9.17) is 23.8 Å². The average Bonchev–Trinajstić information content (AvgIpc) is 2.99. The molecule has 0 radical (unpaired) electrons. The average molecular weight is 534 g/mol. The van der Waals surface area contributed by atoms with E-state index in [1.54, 1.807) is 0 Å². The zero-order chi connectivity index (χ0) is 26.7. The number of aliphatic hydroxyl groups excluding tert-OH is 1. The van der Waals surface area contributed by atoms with Gasteiger partial charge in [0.2, 0.25) is 6.29 Å². The molecule has 208 valence electrons. The number of benzene rings is 3. The third-order valence-corrected chi connectivity index (χ3v) is 7.15. The minimum Gasteiger partial charge on any atom is -0.387 e. The molecule has 7 heteroatoms. The zero-order valence-electron chi connectivity index (χ0n) is 22.3. The van der Waals surface area contributed by atoms with Crippen molar-refractivity contribution >= 4 is 0 Å². The molecule has 1 N–H and O–H groups in total. The molecule has 7 nitrogen and oxygen atoms in total. The topological polar surface area (TPSA) is 69.6 Å². The summed E-state index contributed by atoms with van der Waals surface area (Å²) in [7, 11) is 0. The quantitative estimate of drug-likeness (QED) is 0.356. The monoisotopic (exact) mass is 533 g/mol. The second-order valence-electron chi connectivity index (χ2n) is 10.2. The van der Waals surface area contributed by atoms with Gasteiger partial charge in [-0.25, -0.2) is 0 Å². The van der Waals surface area contributed by atoms with Gasteiger partial charge in [-0.05, 0) is 29.5 Å². The van der Waals surface area contributed by atoms with E-state index in [0.717, 1.165) is 42.6 Å². The maximum Gasteiger partial charge on any atom is 0.206 e. The first kappa shape index (κ1) is 27.9. The molecule has 39 heavy (non-hydrogen) atoms. The van der Waals surface area contributed by atoms with Gasteiger partial charge in [0, 0.05) is 13.1 Å². The Morgan fingerprint density at radius 3 is 1.74 bits per heavy atom. The fourth-order valence-electron chi connectivity index (χ4n) is 5.00. The maximum atomic E-state index is 11.5. The van der Waals surface area contributed by atoms with Crippen LogP contribution in [0.3, 0.4) is 0 Å². The molecule has 2 heterocycles. The molecule has 2 aliphatic heterocycles. The molecule has 3 aromatic carbocycles. The standard InChI is InChI=1S/C32H39NO6/c34-29-28(24-35-21-25-13-5-1-6-14-25)38-32(39-33-19-11-4-12-20-33)31(37-23-27-17-9-3-10-18-27)30(29)36-22-26-15-7-2-8-16-26/h1-3,5-10,13-18,28-32,34H,4,11-12,19-24H2/t28-,29-,30+,31-,32+/m1/s1. The molecule has 0 amide bonds. The molecule has 3 aromatic rings. The van der Waals surface area contributed by atoms with Crippen LogP contribution in [0.2, 0.25) is 0 Å². The lowest BCUT2D eigenvalue weighted by Crippen LogP contribution is -2.62. The van der Waals surface area contributed by atoms with E-state index in [9.17, 15) is 5.11 Å². The second-order valence-corrected chi connectivity index (χ2v) is 10.2. The summed E-state index contributed by atoms with van der Waals surface area (Å²) in [6, 6.07) is 29.9. The van der Waals surface area contributed by atoms with Crippen molar-refractivity contribution in [3.05, 3.63) is 108 Å². The van der Waals surface area contributed by atoms with Crippen molar-refractivity contribution < 1.29 is 28.9 Å². The van der Waals surface area contributed by atoms with Gasteiger partial charge < -0.3 is 24.1 Å². The highest BCUT2D eigenvalue weighted by Crippen LogP contribution is 2.30. The van der Waals surface area contributed by atoms with Crippen LogP contribution in [0.1, 0.15) is 36.0 Å². The largest absolute Gasteiger partial charge is 0.387 e. The van der Waals surface area contributed by atoms with Crippen molar-refractivity contribution in [3.63, 3.8) is 0 Å². The molecule has 0 unspecified atom stereocenters. The number of aliphatic hydroxyl groups is 1. The van der Waals surface area contributed by atoms with E-state index in [2.05, 4.69) is 0 Å². The Bertz CT molecular complexity index is 1080. The van der Waals surface area contributed by atoms with Crippen LogP contribution >= 0.6 is 0 Å². The highest BCUT2D eigenvalue weighted by molar-refractivity contribution is 5.15. The summed E-state index contributed by atoms with van der Waals surface area (Å²) in [5, 5.41) is 13.5. The minimum atomic E-state index is -0.966. The highest BCUT2D eigenvalue weighted by Gasteiger charge is 2.48. The van der Waals surface area contributed by atoms with Crippen molar-refractivity contribution in [1.29, 1.82) is 0 Å². The van der Waals surface area contributed by atoms with Crippen LogP contribution in [0.15, 0.2) is 91.0 Å². The fourth-order valence-corrected chi connectivity index (χ4v) is 5.00. The molecule has 2 aliphatic rings. The Morgan fingerprint density at radius 2 is 1.18 bits per heavy atom. The zero-order valence-corrected chi connectivity index (χ0v) is 22.3. The Hall–Kier alpha value is -2.62. The molecule has 0 bridgehead atoms. The van der Waals surface area contributed by atoms with Gasteiger partial charge in [-0.15, -0.1) is 0 Å². The van der Waals surface area contributed by atoms with Crippen molar-refractivity contribution in [2.45, 2.75) is 69.8 Å². The Morgan fingerprint density at radius 1 is 0.667 bits per heavy atom. The van der Waals surface area contributed by atoms with Gasteiger partial charge in [0.1, 0.15) is 24.4 Å². The molecule has 0 aliphatic carbocycles. The van der Waals surface area contributed by atoms with Crippen molar-refractivity contribution in [1.82, 2.24) is 5.06 Å². The number of nitrogens with zero attached hydrogens (tertiary/aromatic N) is 1. The number of ether oxygens (including phenoxy) is 4. The Balaban J connectivity index is 1.33. The molecule has 0 saturated carbocycles. The molecule has 5 atom stereocenters. The maximum absolute atomic E-state index is 11.5. The predicted molar refractivity (Wildman–Crippen MR) is 147 cm³/mol. The Labute approximate surface area is 231 Å². The second kappa shape index (κ2) is 14.7.